The van der Waals surface area contributed by atoms with Crippen molar-refractivity contribution in [3.05, 3.63) is 29.8 Å². The van der Waals surface area contributed by atoms with Gasteiger partial charge in [0, 0.05) is 26.7 Å². The number of likely N-dealkylation sites (tertiary alicyclic amines) is 1. The fourth-order valence-corrected chi connectivity index (χ4v) is 3.12. The predicted molar refractivity (Wildman–Crippen MR) is 103 cm³/mol. The Morgan fingerprint density at radius 3 is 2.39 bits per heavy atom. The molecule has 1 aliphatic heterocycles. The Hall–Kier alpha value is -0.870. The minimum absolute atomic E-state index is 0. The van der Waals surface area contributed by atoms with Gasteiger partial charge in [0.25, 0.3) is 0 Å². The van der Waals surface area contributed by atoms with E-state index in [4.69, 9.17) is 5.14 Å². The summed E-state index contributed by atoms with van der Waals surface area (Å²) in [6, 6.07) is 6.56. The number of hydrogen-bond acceptors (Lipinski definition) is 3. The lowest BCUT2D eigenvalue weighted by Gasteiger charge is -2.23. The van der Waals surface area contributed by atoms with Gasteiger partial charge in [-0.05, 0) is 29.5 Å². The molecule has 0 saturated carbocycles. The molecule has 2 rings (SSSR count). The molecule has 0 aromatic heterocycles. The van der Waals surface area contributed by atoms with Gasteiger partial charge in [-0.1, -0.05) is 26.0 Å². The van der Waals surface area contributed by atoms with Crippen molar-refractivity contribution in [1.29, 1.82) is 0 Å². The molecular weight excluding hydrogens is 427 g/mol. The molecule has 6 nitrogen and oxygen atoms in total. The molecule has 0 atom stereocenters. The highest BCUT2D eigenvalue weighted by atomic mass is 127. The van der Waals surface area contributed by atoms with Crippen molar-refractivity contribution in [3.8, 4) is 0 Å². The van der Waals surface area contributed by atoms with E-state index in [-0.39, 0.29) is 28.9 Å². The van der Waals surface area contributed by atoms with Gasteiger partial charge in [0.2, 0.25) is 10.0 Å². The second-order valence-corrected chi connectivity index (χ2v) is 7.99. The van der Waals surface area contributed by atoms with Gasteiger partial charge in [-0.15, -0.1) is 24.0 Å². The highest BCUT2D eigenvalue weighted by Gasteiger charge is 2.30. The minimum atomic E-state index is -3.63. The summed E-state index contributed by atoms with van der Waals surface area (Å²) in [4.78, 5) is 6.70. The second kappa shape index (κ2) is 7.80. The van der Waals surface area contributed by atoms with Crippen LogP contribution >= 0.6 is 24.0 Å². The molecule has 23 heavy (non-hydrogen) atoms. The molecule has 1 aliphatic rings. The SMILES string of the molecule is CN=C(NCc1ccc(S(N)(=O)=O)cc1)N1CCC(C)(C)C1.I. The first kappa shape index (κ1) is 20.2. The van der Waals surface area contributed by atoms with Gasteiger partial charge >= 0.3 is 0 Å². The van der Waals surface area contributed by atoms with Crippen molar-refractivity contribution >= 4 is 40.0 Å². The number of guanidine groups is 1. The fourth-order valence-electron chi connectivity index (χ4n) is 2.60. The number of hydrogen-bond donors (Lipinski definition) is 2. The van der Waals surface area contributed by atoms with Crippen LogP contribution in [0.25, 0.3) is 0 Å². The minimum Gasteiger partial charge on any atom is -0.352 e. The van der Waals surface area contributed by atoms with Crippen LogP contribution in [0.2, 0.25) is 0 Å². The third-order valence-electron chi connectivity index (χ3n) is 3.89. The van der Waals surface area contributed by atoms with Crippen molar-refractivity contribution in [3.63, 3.8) is 0 Å². The smallest absolute Gasteiger partial charge is 0.238 e. The Kier molecular flexibility index (Phi) is 6.84. The lowest BCUT2D eigenvalue weighted by atomic mass is 9.93. The first-order valence-corrected chi connectivity index (χ1v) is 8.83. The molecule has 130 valence electrons. The van der Waals surface area contributed by atoms with Crippen molar-refractivity contribution in [2.75, 3.05) is 20.1 Å². The maximum Gasteiger partial charge on any atom is 0.238 e. The summed E-state index contributed by atoms with van der Waals surface area (Å²) in [5, 5.41) is 8.41. The van der Waals surface area contributed by atoms with Crippen molar-refractivity contribution < 1.29 is 8.42 Å². The Morgan fingerprint density at radius 2 is 1.96 bits per heavy atom. The van der Waals surface area contributed by atoms with Gasteiger partial charge in [-0.3, -0.25) is 4.99 Å². The van der Waals surface area contributed by atoms with E-state index in [1.54, 1.807) is 19.2 Å². The first-order valence-electron chi connectivity index (χ1n) is 7.29. The van der Waals surface area contributed by atoms with Gasteiger partial charge in [0.15, 0.2) is 5.96 Å². The fraction of sp³-hybridized carbons (Fsp3) is 0.533. The van der Waals surface area contributed by atoms with Gasteiger partial charge in [0.05, 0.1) is 4.90 Å². The third kappa shape index (κ3) is 5.61. The lowest BCUT2D eigenvalue weighted by molar-refractivity contribution is 0.370. The number of sulfonamides is 1. The van der Waals surface area contributed by atoms with Crippen LogP contribution in [0.3, 0.4) is 0 Å². The van der Waals surface area contributed by atoms with Crippen LogP contribution < -0.4 is 10.5 Å². The van der Waals surface area contributed by atoms with Crippen molar-refractivity contribution in [1.82, 2.24) is 10.2 Å². The Morgan fingerprint density at radius 1 is 1.35 bits per heavy atom. The molecule has 1 aromatic carbocycles. The summed E-state index contributed by atoms with van der Waals surface area (Å²) >= 11 is 0. The van der Waals surface area contributed by atoms with E-state index in [2.05, 4.69) is 29.1 Å². The van der Waals surface area contributed by atoms with Crippen LogP contribution in [0.15, 0.2) is 34.2 Å². The van der Waals surface area contributed by atoms with Crippen LogP contribution in [0, 0.1) is 5.41 Å². The standard InChI is InChI=1S/C15H24N4O2S.HI/c1-15(2)8-9-19(11-15)14(17-3)18-10-12-4-6-13(7-5-12)22(16,20)21;/h4-7H,8-11H2,1-3H3,(H,17,18)(H2,16,20,21);1H. The van der Waals surface area contributed by atoms with E-state index < -0.39 is 10.0 Å². The molecule has 0 unspecified atom stereocenters. The number of aliphatic imine (C=N–C) groups is 1. The molecule has 3 N–H and O–H groups in total. The van der Waals surface area contributed by atoms with Gasteiger partial charge in [-0.25, -0.2) is 13.6 Å². The van der Waals surface area contributed by atoms with Gasteiger partial charge in [0.1, 0.15) is 0 Å². The molecule has 1 saturated heterocycles. The largest absolute Gasteiger partial charge is 0.352 e. The summed E-state index contributed by atoms with van der Waals surface area (Å²) in [5.41, 5.74) is 1.29. The van der Waals surface area contributed by atoms with E-state index in [1.165, 1.54) is 12.1 Å². The summed E-state index contributed by atoms with van der Waals surface area (Å²) in [6.45, 7) is 7.08. The summed E-state index contributed by atoms with van der Waals surface area (Å²) in [6.07, 6.45) is 1.15. The van der Waals surface area contributed by atoms with E-state index >= 15 is 0 Å². The molecule has 0 amide bonds. The molecule has 1 aromatic rings. The average Bonchev–Trinajstić information content (AvgIpc) is 2.79. The quantitative estimate of drug-likeness (QED) is 0.416. The summed E-state index contributed by atoms with van der Waals surface area (Å²) in [7, 11) is -1.86. The Balaban J connectivity index is 0.00000264. The molecule has 1 heterocycles. The molecular formula is C15H25IN4O2S. The van der Waals surface area contributed by atoms with Gasteiger partial charge < -0.3 is 10.2 Å². The molecule has 0 aliphatic carbocycles. The van der Waals surface area contributed by atoms with Crippen LogP contribution in [0.4, 0.5) is 0 Å². The maximum absolute atomic E-state index is 11.2. The van der Waals surface area contributed by atoms with E-state index in [0.717, 1.165) is 31.0 Å². The number of rotatable bonds is 3. The highest BCUT2D eigenvalue weighted by molar-refractivity contribution is 14.0. The van der Waals surface area contributed by atoms with Crippen LogP contribution in [-0.4, -0.2) is 39.4 Å². The number of nitrogens with two attached hydrogens (primary N) is 1. The van der Waals surface area contributed by atoms with Crippen molar-refractivity contribution in [2.45, 2.75) is 31.7 Å². The van der Waals surface area contributed by atoms with Crippen LogP contribution in [0.1, 0.15) is 25.8 Å². The molecule has 0 bridgehead atoms. The highest BCUT2D eigenvalue weighted by Crippen LogP contribution is 2.28. The summed E-state index contributed by atoms with van der Waals surface area (Å²) in [5.74, 6) is 0.876. The average molecular weight is 452 g/mol. The molecule has 0 radical (unpaired) electrons. The van der Waals surface area contributed by atoms with Crippen molar-refractivity contribution in [2.24, 2.45) is 15.5 Å². The van der Waals surface area contributed by atoms with E-state index in [0.29, 0.717) is 12.0 Å². The van der Waals surface area contributed by atoms with E-state index in [1.807, 2.05) is 0 Å². The van der Waals surface area contributed by atoms with Gasteiger partial charge in [-0.2, -0.15) is 0 Å². The van der Waals surface area contributed by atoms with Crippen LogP contribution in [0.5, 0.6) is 0 Å². The molecule has 8 heteroatoms. The zero-order valence-electron chi connectivity index (χ0n) is 13.7. The monoisotopic (exact) mass is 452 g/mol. The second-order valence-electron chi connectivity index (χ2n) is 6.43. The number of primary sulfonamides is 1. The van der Waals surface area contributed by atoms with Crippen LogP contribution in [-0.2, 0) is 16.6 Å². The number of halogens is 1. The topological polar surface area (TPSA) is 87.8 Å². The summed E-state index contributed by atoms with van der Waals surface area (Å²) < 4.78 is 22.5. The number of nitrogens with one attached hydrogen (secondary N) is 1. The molecule has 0 spiro atoms. The lowest BCUT2D eigenvalue weighted by Crippen LogP contribution is -2.40. The predicted octanol–water partition coefficient (Wildman–Crippen LogP) is 1.76. The third-order valence-corrected chi connectivity index (χ3v) is 4.82. The zero-order chi connectivity index (χ0) is 16.4. The zero-order valence-corrected chi connectivity index (χ0v) is 16.9. The Bertz CT molecular complexity index is 657. The number of nitrogens with zero attached hydrogens (tertiary/aromatic N) is 2. The molecule has 1 fully saturated rings. The van der Waals surface area contributed by atoms with E-state index in [9.17, 15) is 8.42 Å². The Labute approximate surface area is 155 Å². The maximum atomic E-state index is 11.2. The number of benzene rings is 1. The normalized spacial score (nSPS) is 17.7. The first-order chi connectivity index (χ1) is 10.2.